The van der Waals surface area contributed by atoms with Crippen molar-refractivity contribution in [2.75, 3.05) is 18.0 Å². The topological polar surface area (TPSA) is 88.1 Å². The van der Waals surface area contributed by atoms with Gasteiger partial charge in [-0.3, -0.25) is 9.10 Å². The van der Waals surface area contributed by atoms with E-state index in [1.807, 2.05) is 37.3 Å². The van der Waals surface area contributed by atoms with E-state index in [1.54, 1.807) is 37.4 Å². The van der Waals surface area contributed by atoms with E-state index < -0.39 is 22.5 Å². The largest absolute Gasteiger partial charge is 0.497 e. The van der Waals surface area contributed by atoms with Crippen LogP contribution >= 0.6 is 0 Å². The van der Waals surface area contributed by atoms with Crippen LogP contribution < -0.4 is 14.5 Å². The molecular formula is C26H27N3O4S. The molecule has 1 aliphatic carbocycles. The minimum absolute atomic E-state index is 0.118. The Morgan fingerprint density at radius 1 is 1.03 bits per heavy atom. The molecule has 34 heavy (non-hydrogen) atoms. The number of benzene rings is 3. The smallest absolute Gasteiger partial charge is 0.264 e. The molecule has 0 saturated heterocycles. The summed E-state index contributed by atoms with van der Waals surface area (Å²) >= 11 is 0. The third kappa shape index (κ3) is 4.97. The number of carbonyl (C=O) groups excluding carboxylic acids is 1. The van der Waals surface area contributed by atoms with Gasteiger partial charge in [-0.15, -0.1) is 0 Å². The van der Waals surface area contributed by atoms with Crippen molar-refractivity contribution in [3.8, 4) is 5.75 Å². The second kappa shape index (κ2) is 10.1. The van der Waals surface area contributed by atoms with E-state index in [2.05, 4.69) is 10.5 Å². The number of para-hydroxylation sites is 1. The molecule has 3 aromatic carbocycles. The van der Waals surface area contributed by atoms with Gasteiger partial charge in [0.05, 0.1) is 23.4 Å². The first-order valence-corrected chi connectivity index (χ1v) is 12.5. The Hall–Kier alpha value is -3.65. The zero-order valence-electron chi connectivity index (χ0n) is 19.2. The third-order valence-electron chi connectivity index (χ3n) is 5.80. The normalized spacial score (nSPS) is 14.4. The van der Waals surface area contributed by atoms with Crippen LogP contribution in [0.4, 0.5) is 5.69 Å². The number of hydrogen-bond acceptors (Lipinski definition) is 5. The van der Waals surface area contributed by atoms with E-state index in [4.69, 9.17) is 4.74 Å². The summed E-state index contributed by atoms with van der Waals surface area (Å²) in [5.41, 5.74) is 6.63. The maximum absolute atomic E-state index is 13.4. The van der Waals surface area contributed by atoms with Crippen molar-refractivity contribution in [1.82, 2.24) is 5.43 Å². The molecule has 1 N–H and O–H groups in total. The van der Waals surface area contributed by atoms with Gasteiger partial charge in [0.1, 0.15) is 12.3 Å². The minimum atomic E-state index is -3.96. The predicted octanol–water partition coefficient (Wildman–Crippen LogP) is 4.06. The molecule has 0 atom stereocenters. The van der Waals surface area contributed by atoms with E-state index in [0.29, 0.717) is 5.69 Å². The van der Waals surface area contributed by atoms with Crippen LogP contribution in [0.15, 0.2) is 82.8 Å². The number of nitrogens with one attached hydrogen (secondary N) is 1. The molecular weight excluding hydrogens is 450 g/mol. The lowest BCUT2D eigenvalue weighted by Gasteiger charge is -2.25. The fourth-order valence-corrected chi connectivity index (χ4v) is 5.55. The number of fused-ring (bicyclic) bond motifs is 1. The zero-order chi connectivity index (χ0) is 24.1. The quantitative estimate of drug-likeness (QED) is 0.520. The maximum atomic E-state index is 13.4. The summed E-state index contributed by atoms with van der Waals surface area (Å²) in [7, 11) is -2.33. The molecule has 0 unspecified atom stereocenters. The van der Waals surface area contributed by atoms with Gasteiger partial charge in [-0.25, -0.2) is 13.8 Å². The molecule has 4 rings (SSSR count). The number of hydrazone groups is 1. The summed E-state index contributed by atoms with van der Waals surface area (Å²) in [6.07, 6.45) is 2.55. The van der Waals surface area contributed by atoms with Crippen LogP contribution in [0, 0.1) is 6.92 Å². The average molecular weight is 478 g/mol. The van der Waals surface area contributed by atoms with Gasteiger partial charge in [0.15, 0.2) is 0 Å². The van der Waals surface area contributed by atoms with Gasteiger partial charge in [0.25, 0.3) is 15.9 Å². The second-order valence-corrected chi connectivity index (χ2v) is 9.94. The molecule has 0 radical (unpaired) electrons. The van der Waals surface area contributed by atoms with Crippen LogP contribution in [0.5, 0.6) is 5.75 Å². The molecule has 0 bridgehead atoms. The highest BCUT2D eigenvalue weighted by atomic mass is 32.2. The first-order chi connectivity index (χ1) is 16.4. The molecule has 0 fully saturated rings. The fourth-order valence-electron chi connectivity index (χ4n) is 4.04. The second-order valence-electron chi connectivity index (χ2n) is 8.08. The van der Waals surface area contributed by atoms with E-state index >= 15 is 0 Å². The highest BCUT2D eigenvalue weighted by Crippen LogP contribution is 2.27. The number of aryl methyl sites for hydroxylation is 2. The van der Waals surface area contributed by atoms with Crippen LogP contribution in [0.1, 0.15) is 29.5 Å². The first-order valence-electron chi connectivity index (χ1n) is 11.1. The lowest BCUT2D eigenvalue weighted by Crippen LogP contribution is -2.40. The number of carbonyl (C=O) groups is 1. The van der Waals surface area contributed by atoms with Gasteiger partial charge in [-0.05, 0) is 73.7 Å². The molecule has 7 nitrogen and oxygen atoms in total. The van der Waals surface area contributed by atoms with Crippen LogP contribution in [-0.4, -0.2) is 33.7 Å². The summed E-state index contributed by atoms with van der Waals surface area (Å²) in [6.45, 7) is 1.42. The number of methoxy groups -OCH3 is 1. The molecule has 8 heteroatoms. The Kier molecular flexibility index (Phi) is 6.98. The van der Waals surface area contributed by atoms with Crippen molar-refractivity contribution >= 4 is 27.3 Å². The Bertz CT molecular complexity index is 1320. The van der Waals surface area contributed by atoms with Crippen LogP contribution in [0.3, 0.4) is 0 Å². The minimum Gasteiger partial charge on any atom is -0.497 e. The molecule has 0 heterocycles. The number of rotatable bonds is 7. The third-order valence-corrected chi connectivity index (χ3v) is 7.58. The highest BCUT2D eigenvalue weighted by molar-refractivity contribution is 7.92. The molecule has 0 aliphatic heterocycles. The number of anilines is 1. The van der Waals surface area contributed by atoms with Crippen molar-refractivity contribution in [3.63, 3.8) is 0 Å². The SMILES string of the molecule is COc1ccc2c(c1)CCC/C2=N\NC(=O)CN(c1ccccc1C)S(=O)(=O)c1ccccc1. The summed E-state index contributed by atoms with van der Waals surface area (Å²) < 4.78 is 33.3. The van der Waals surface area contributed by atoms with Gasteiger partial charge >= 0.3 is 0 Å². The van der Waals surface area contributed by atoms with Crippen LogP contribution in [0.2, 0.25) is 0 Å². The van der Waals surface area contributed by atoms with Crippen molar-refractivity contribution in [1.29, 1.82) is 0 Å². The van der Waals surface area contributed by atoms with Gasteiger partial charge in [-0.1, -0.05) is 36.4 Å². The Labute approximate surface area is 200 Å². The average Bonchev–Trinajstić information content (AvgIpc) is 2.86. The Balaban J connectivity index is 1.60. The van der Waals surface area contributed by atoms with Crippen molar-refractivity contribution in [2.24, 2.45) is 5.10 Å². The van der Waals surface area contributed by atoms with Crippen LogP contribution in [-0.2, 0) is 21.2 Å². The molecule has 1 aliphatic rings. The number of nitrogens with zero attached hydrogens (tertiary/aromatic N) is 2. The fraction of sp³-hybridized carbons (Fsp3) is 0.231. The van der Waals surface area contributed by atoms with Crippen LogP contribution in [0.25, 0.3) is 0 Å². The van der Waals surface area contributed by atoms with E-state index in [0.717, 1.165) is 51.7 Å². The lowest BCUT2D eigenvalue weighted by atomic mass is 9.90. The van der Waals surface area contributed by atoms with Crippen molar-refractivity contribution in [2.45, 2.75) is 31.1 Å². The monoisotopic (exact) mass is 477 g/mol. The van der Waals surface area contributed by atoms with E-state index in [1.165, 1.54) is 12.1 Å². The molecule has 0 aromatic heterocycles. The summed E-state index contributed by atoms with van der Waals surface area (Å²) in [5.74, 6) is 0.264. The molecule has 176 valence electrons. The summed E-state index contributed by atoms with van der Waals surface area (Å²) in [4.78, 5) is 13.0. The molecule has 1 amide bonds. The predicted molar refractivity (Wildman–Crippen MR) is 133 cm³/mol. The highest BCUT2D eigenvalue weighted by Gasteiger charge is 2.28. The first kappa shape index (κ1) is 23.5. The lowest BCUT2D eigenvalue weighted by molar-refractivity contribution is -0.119. The number of sulfonamides is 1. The summed E-state index contributed by atoms with van der Waals surface area (Å²) in [6, 6.07) is 21.0. The number of hydrogen-bond donors (Lipinski definition) is 1. The molecule has 0 spiro atoms. The Morgan fingerprint density at radius 3 is 2.50 bits per heavy atom. The summed E-state index contributed by atoms with van der Waals surface area (Å²) in [5, 5.41) is 4.36. The zero-order valence-corrected chi connectivity index (χ0v) is 20.0. The maximum Gasteiger partial charge on any atom is 0.264 e. The standard InChI is InChI=1S/C26H27N3O4S/c1-19-9-6-7-14-25(19)29(34(31,32)22-11-4-3-5-12-22)18-26(30)28-27-24-13-8-10-20-17-21(33-2)15-16-23(20)24/h3-7,9,11-12,14-17H,8,10,13,18H2,1-2H3,(H,28,30)/b27-24+. The Morgan fingerprint density at radius 2 is 1.76 bits per heavy atom. The van der Waals surface area contributed by atoms with Gasteiger partial charge in [0.2, 0.25) is 0 Å². The van der Waals surface area contributed by atoms with Gasteiger partial charge in [0, 0.05) is 5.56 Å². The van der Waals surface area contributed by atoms with Gasteiger partial charge in [-0.2, -0.15) is 5.10 Å². The number of amides is 1. The number of ether oxygens (including phenoxy) is 1. The van der Waals surface area contributed by atoms with E-state index in [-0.39, 0.29) is 4.90 Å². The van der Waals surface area contributed by atoms with Crippen molar-refractivity contribution < 1.29 is 17.9 Å². The molecule has 3 aromatic rings. The van der Waals surface area contributed by atoms with E-state index in [9.17, 15) is 13.2 Å². The van der Waals surface area contributed by atoms with Crippen molar-refractivity contribution in [3.05, 3.63) is 89.5 Å². The van der Waals surface area contributed by atoms with Gasteiger partial charge < -0.3 is 4.74 Å². The molecule has 0 saturated carbocycles.